The van der Waals surface area contributed by atoms with E-state index in [1.54, 1.807) is 12.1 Å². The fourth-order valence-electron chi connectivity index (χ4n) is 4.44. The first-order valence-electron chi connectivity index (χ1n) is 13.0. The Morgan fingerprint density at radius 3 is 2.49 bits per heavy atom. The molecule has 43 heavy (non-hydrogen) atoms. The predicted octanol–water partition coefficient (Wildman–Crippen LogP) is 5.57. The molecule has 0 bridgehead atoms. The van der Waals surface area contributed by atoms with Gasteiger partial charge in [0.05, 0.1) is 17.8 Å². The number of likely N-dealkylation sites (tertiary alicyclic amines) is 1. The van der Waals surface area contributed by atoms with Crippen LogP contribution in [0.1, 0.15) is 34.5 Å². The number of amides is 2. The van der Waals surface area contributed by atoms with Crippen molar-refractivity contribution in [2.75, 3.05) is 18.8 Å². The van der Waals surface area contributed by atoms with Gasteiger partial charge in [-0.3, -0.25) is 14.6 Å². The number of rotatable bonds is 7. The van der Waals surface area contributed by atoms with E-state index in [1.165, 1.54) is 53.7 Å². The molecule has 0 spiro atoms. The molecule has 4 heterocycles. The van der Waals surface area contributed by atoms with Gasteiger partial charge in [0.25, 0.3) is 11.8 Å². The average molecular weight is 602 g/mol. The van der Waals surface area contributed by atoms with Crippen LogP contribution in [0, 0.1) is 0 Å². The monoisotopic (exact) mass is 601 g/mol. The van der Waals surface area contributed by atoms with Gasteiger partial charge < -0.3 is 25.1 Å². The molecule has 1 aliphatic heterocycles. The number of aromatic nitrogens is 2. The summed E-state index contributed by atoms with van der Waals surface area (Å²) in [5.41, 5.74) is 6.60. The molecule has 3 N–H and O–H groups in total. The number of piperidine rings is 1. The van der Waals surface area contributed by atoms with Gasteiger partial charge in [0.1, 0.15) is 11.6 Å². The summed E-state index contributed by atoms with van der Waals surface area (Å²) in [6, 6.07) is 10.2. The highest BCUT2D eigenvalue weighted by Crippen LogP contribution is 2.37. The average Bonchev–Trinajstić information content (AvgIpc) is 3.38. The van der Waals surface area contributed by atoms with Crippen molar-refractivity contribution < 1.29 is 40.7 Å². The zero-order valence-electron chi connectivity index (χ0n) is 22.3. The van der Waals surface area contributed by atoms with Gasteiger partial charge >= 0.3 is 6.36 Å². The van der Waals surface area contributed by atoms with Crippen LogP contribution in [-0.4, -0.2) is 52.1 Å². The first-order chi connectivity index (χ1) is 20.3. The highest BCUT2D eigenvalue weighted by molar-refractivity contribution is 5.95. The number of furan rings is 1. The Bertz CT molecular complexity index is 1660. The molecule has 4 aromatic rings. The largest absolute Gasteiger partial charge is 0.573 e. The number of hydrogen-bond donors (Lipinski definition) is 2. The number of fused-ring (bicyclic) bond motifs is 1. The minimum atomic E-state index is -5.02. The summed E-state index contributed by atoms with van der Waals surface area (Å²) in [6.07, 6.45) is -0.393. The minimum absolute atomic E-state index is 0.0952. The number of alkyl halides is 5. The van der Waals surface area contributed by atoms with Crippen LogP contribution in [0.2, 0.25) is 0 Å². The van der Waals surface area contributed by atoms with Gasteiger partial charge in [0.15, 0.2) is 11.3 Å². The highest BCUT2D eigenvalue weighted by atomic mass is 19.4. The van der Waals surface area contributed by atoms with Gasteiger partial charge in [-0.05, 0) is 54.1 Å². The van der Waals surface area contributed by atoms with Gasteiger partial charge in [0, 0.05) is 55.4 Å². The van der Waals surface area contributed by atoms with Gasteiger partial charge in [-0.15, -0.1) is 13.2 Å². The number of nitrogens with zero attached hydrogens (tertiary/aromatic N) is 3. The maximum Gasteiger partial charge on any atom is 0.573 e. The van der Waals surface area contributed by atoms with Crippen LogP contribution in [0.3, 0.4) is 0 Å². The van der Waals surface area contributed by atoms with Gasteiger partial charge in [-0.1, -0.05) is 0 Å². The minimum Gasteiger partial charge on any atom is -0.455 e. The third-order valence-corrected chi connectivity index (χ3v) is 6.62. The molecule has 0 unspecified atom stereocenters. The van der Waals surface area contributed by atoms with Crippen molar-refractivity contribution in [2.24, 2.45) is 0 Å². The molecule has 2 amide bonds. The lowest BCUT2D eigenvalue weighted by molar-refractivity contribution is -0.274. The second-order valence-corrected chi connectivity index (χ2v) is 9.80. The summed E-state index contributed by atoms with van der Waals surface area (Å²) >= 11 is 0. The molecule has 1 aliphatic rings. The van der Waals surface area contributed by atoms with Gasteiger partial charge in [-0.2, -0.15) is 0 Å². The van der Waals surface area contributed by atoms with Crippen molar-refractivity contribution in [1.29, 1.82) is 0 Å². The molecule has 1 fully saturated rings. The van der Waals surface area contributed by atoms with Gasteiger partial charge in [0.2, 0.25) is 5.91 Å². The standard InChI is InChI=1S/C29H24F5N5O4/c30-28(31)7-9-39(10-8-28)27(41)18-3-4-22(36-15-18)19-11-20-12-21(42-26(20)23(13-19)43-29(32,33)34)16-38-25(40)6-2-17-1-5-24(35)37-14-17/h1-6,11-15H,7-10,16H2,(H2,35,37)(H,38,40). The SMILES string of the molecule is Nc1ccc(C=CC(=O)NCc2cc3cc(-c4ccc(C(=O)N5CCC(F)(F)CC5)cn4)cc(OC(F)(F)F)c3o2)cn1. The summed E-state index contributed by atoms with van der Waals surface area (Å²) in [7, 11) is 0. The molecule has 14 heteroatoms. The fraction of sp³-hybridized carbons (Fsp3) is 0.241. The van der Waals surface area contributed by atoms with E-state index in [1.807, 2.05) is 0 Å². The van der Waals surface area contributed by atoms with Crippen molar-refractivity contribution in [2.45, 2.75) is 31.7 Å². The first kappa shape index (κ1) is 29.5. The molecule has 0 aliphatic carbocycles. The molecule has 9 nitrogen and oxygen atoms in total. The summed E-state index contributed by atoms with van der Waals surface area (Å²) in [4.78, 5) is 34.4. The molecule has 224 valence electrons. The molecule has 3 aromatic heterocycles. The number of nitrogen functional groups attached to an aromatic ring is 1. The Kier molecular flexibility index (Phi) is 8.02. The molecular weight excluding hydrogens is 577 g/mol. The number of carbonyl (C=O) groups excluding carboxylic acids is 2. The van der Waals surface area contributed by atoms with Crippen molar-refractivity contribution in [3.8, 4) is 17.0 Å². The number of halogens is 5. The van der Waals surface area contributed by atoms with E-state index < -0.39 is 42.7 Å². The molecule has 0 atom stereocenters. The van der Waals surface area contributed by atoms with Crippen LogP contribution in [-0.2, 0) is 11.3 Å². The maximum absolute atomic E-state index is 13.4. The van der Waals surface area contributed by atoms with E-state index in [4.69, 9.17) is 10.2 Å². The first-order valence-corrected chi connectivity index (χ1v) is 13.0. The number of carbonyl (C=O) groups is 2. The van der Waals surface area contributed by atoms with Crippen LogP contribution < -0.4 is 15.8 Å². The molecule has 0 saturated carbocycles. The normalized spacial score (nSPS) is 15.1. The van der Waals surface area contributed by atoms with E-state index in [9.17, 15) is 31.5 Å². The van der Waals surface area contributed by atoms with Crippen LogP contribution in [0.4, 0.5) is 27.8 Å². The third kappa shape index (κ3) is 7.45. The van der Waals surface area contributed by atoms with E-state index in [0.29, 0.717) is 11.4 Å². The zero-order chi connectivity index (χ0) is 30.8. The molecule has 0 radical (unpaired) electrons. The smallest absolute Gasteiger partial charge is 0.455 e. The topological polar surface area (TPSA) is 124 Å². The van der Waals surface area contributed by atoms with Crippen LogP contribution >= 0.6 is 0 Å². The van der Waals surface area contributed by atoms with E-state index >= 15 is 0 Å². The van der Waals surface area contributed by atoms with Crippen molar-refractivity contribution in [1.82, 2.24) is 20.2 Å². The predicted molar refractivity (Wildman–Crippen MR) is 146 cm³/mol. The number of ether oxygens (including phenoxy) is 1. The Morgan fingerprint density at radius 2 is 1.84 bits per heavy atom. The summed E-state index contributed by atoms with van der Waals surface area (Å²) < 4.78 is 76.4. The van der Waals surface area contributed by atoms with Crippen LogP contribution in [0.15, 0.2) is 65.4 Å². The van der Waals surface area contributed by atoms with Gasteiger partial charge in [-0.25, -0.2) is 13.8 Å². The van der Waals surface area contributed by atoms with Crippen molar-refractivity contribution in [3.05, 3.63) is 77.8 Å². The highest BCUT2D eigenvalue weighted by Gasteiger charge is 2.36. The van der Waals surface area contributed by atoms with E-state index in [0.717, 1.165) is 6.07 Å². The fourth-order valence-corrected chi connectivity index (χ4v) is 4.44. The maximum atomic E-state index is 13.4. The van der Waals surface area contributed by atoms with Crippen molar-refractivity contribution >= 4 is 34.7 Å². The van der Waals surface area contributed by atoms with Crippen LogP contribution in [0.5, 0.6) is 5.75 Å². The molecule has 1 saturated heterocycles. The lowest BCUT2D eigenvalue weighted by Crippen LogP contribution is -2.42. The molecule has 1 aromatic carbocycles. The number of nitrogens with two attached hydrogens (primary N) is 1. The molecular formula is C29H24F5N5O4. The Balaban J connectivity index is 1.33. The Labute approximate surface area is 241 Å². The Morgan fingerprint density at radius 1 is 1.07 bits per heavy atom. The zero-order valence-corrected chi connectivity index (χ0v) is 22.3. The summed E-state index contributed by atoms with van der Waals surface area (Å²) in [5.74, 6) is -3.88. The second kappa shape index (κ2) is 11.7. The van der Waals surface area contributed by atoms with E-state index in [2.05, 4.69) is 20.0 Å². The second-order valence-electron chi connectivity index (χ2n) is 9.80. The summed E-state index contributed by atoms with van der Waals surface area (Å²) in [6.45, 7) is -0.319. The van der Waals surface area contributed by atoms with E-state index in [-0.39, 0.29) is 53.2 Å². The van der Waals surface area contributed by atoms with Crippen LogP contribution in [0.25, 0.3) is 28.3 Å². The number of hydrogen-bond acceptors (Lipinski definition) is 7. The lowest BCUT2D eigenvalue weighted by Gasteiger charge is -2.31. The summed E-state index contributed by atoms with van der Waals surface area (Å²) in [5, 5.41) is 2.84. The third-order valence-electron chi connectivity index (χ3n) is 6.62. The number of nitrogens with one attached hydrogen (secondary N) is 1. The Hall–Kier alpha value is -5.01. The van der Waals surface area contributed by atoms with Crippen molar-refractivity contribution in [3.63, 3.8) is 0 Å². The number of pyridine rings is 2. The lowest BCUT2D eigenvalue weighted by atomic mass is 10.0. The number of anilines is 1. The number of benzene rings is 1. The quantitative estimate of drug-likeness (QED) is 0.210. The molecule has 5 rings (SSSR count).